The third-order valence-corrected chi connectivity index (χ3v) is 2.82. The van der Waals surface area contributed by atoms with Crippen LogP contribution in [-0.2, 0) is 0 Å². The molecule has 6 heteroatoms. The van der Waals surface area contributed by atoms with Crippen LogP contribution in [0.3, 0.4) is 0 Å². The summed E-state index contributed by atoms with van der Waals surface area (Å²) in [6.45, 7) is 2.38. The summed E-state index contributed by atoms with van der Waals surface area (Å²) in [6, 6.07) is 5.04. The van der Waals surface area contributed by atoms with Crippen molar-refractivity contribution in [1.29, 1.82) is 0 Å². The van der Waals surface area contributed by atoms with Gasteiger partial charge in [0.25, 0.3) is 0 Å². The van der Waals surface area contributed by atoms with E-state index in [0.717, 1.165) is 6.54 Å². The van der Waals surface area contributed by atoms with Crippen LogP contribution >= 0.6 is 11.6 Å². The fraction of sp³-hybridized carbons (Fsp3) is 0.364. The van der Waals surface area contributed by atoms with Gasteiger partial charge in [0.15, 0.2) is 0 Å². The molecule has 1 aliphatic heterocycles. The number of rotatable bonds is 4. The van der Waals surface area contributed by atoms with Crippen LogP contribution < -0.4 is 15.8 Å². The maximum atomic E-state index is 11.2. The van der Waals surface area contributed by atoms with Gasteiger partial charge in [-0.1, -0.05) is 11.6 Å². The van der Waals surface area contributed by atoms with Gasteiger partial charge in [0.2, 0.25) is 0 Å². The molecule has 1 fully saturated rings. The molecule has 0 radical (unpaired) electrons. The molecule has 1 aromatic carbocycles. The topological polar surface area (TPSA) is 67.6 Å². The molecule has 2 amide bonds. The Morgan fingerprint density at radius 3 is 3.00 bits per heavy atom. The number of nitrogen functional groups attached to an aromatic ring is 1. The molecular formula is C11H14ClN3O2. The van der Waals surface area contributed by atoms with E-state index in [-0.39, 0.29) is 6.03 Å². The summed E-state index contributed by atoms with van der Waals surface area (Å²) in [4.78, 5) is 12.9. The number of anilines is 1. The Morgan fingerprint density at radius 2 is 2.35 bits per heavy atom. The molecular weight excluding hydrogens is 242 g/mol. The Morgan fingerprint density at radius 1 is 1.53 bits per heavy atom. The van der Waals surface area contributed by atoms with Gasteiger partial charge in [-0.15, -0.1) is 0 Å². The van der Waals surface area contributed by atoms with E-state index in [0.29, 0.717) is 36.2 Å². The molecule has 2 rings (SSSR count). The summed E-state index contributed by atoms with van der Waals surface area (Å²) < 4.78 is 5.49. The van der Waals surface area contributed by atoms with E-state index in [1.54, 1.807) is 23.1 Å². The zero-order chi connectivity index (χ0) is 12.3. The summed E-state index contributed by atoms with van der Waals surface area (Å²) in [6.07, 6.45) is 0. The van der Waals surface area contributed by atoms with Crippen molar-refractivity contribution in [2.45, 2.75) is 0 Å². The number of hydrogen-bond donors (Lipinski definition) is 2. The van der Waals surface area contributed by atoms with Crippen LogP contribution in [0.2, 0.25) is 5.02 Å². The molecule has 0 atom stereocenters. The smallest absolute Gasteiger partial charge is 0.317 e. The number of nitrogens with two attached hydrogens (primary N) is 1. The lowest BCUT2D eigenvalue weighted by atomic mass is 10.3. The molecule has 1 saturated heterocycles. The zero-order valence-corrected chi connectivity index (χ0v) is 10.0. The highest BCUT2D eigenvalue weighted by molar-refractivity contribution is 6.32. The van der Waals surface area contributed by atoms with E-state index in [1.165, 1.54) is 0 Å². The molecule has 0 spiro atoms. The van der Waals surface area contributed by atoms with Gasteiger partial charge >= 0.3 is 6.03 Å². The molecule has 3 N–H and O–H groups in total. The Bertz CT molecular complexity index is 425. The van der Waals surface area contributed by atoms with Crippen LogP contribution in [0.4, 0.5) is 10.5 Å². The van der Waals surface area contributed by atoms with Crippen LogP contribution in [-0.4, -0.2) is 37.2 Å². The first-order valence-electron chi connectivity index (χ1n) is 5.37. The minimum atomic E-state index is -0.0444. The van der Waals surface area contributed by atoms with E-state index in [2.05, 4.69) is 5.32 Å². The van der Waals surface area contributed by atoms with Gasteiger partial charge in [-0.25, -0.2) is 4.79 Å². The van der Waals surface area contributed by atoms with Gasteiger partial charge in [-0.05, 0) is 18.2 Å². The number of ether oxygens (including phenoxy) is 1. The molecule has 0 aromatic heterocycles. The maximum absolute atomic E-state index is 11.2. The van der Waals surface area contributed by atoms with Gasteiger partial charge < -0.3 is 20.7 Å². The van der Waals surface area contributed by atoms with Crippen LogP contribution in [0.25, 0.3) is 0 Å². The second-order valence-corrected chi connectivity index (χ2v) is 4.16. The van der Waals surface area contributed by atoms with E-state index in [9.17, 15) is 4.79 Å². The maximum Gasteiger partial charge on any atom is 0.317 e. The molecule has 0 saturated carbocycles. The van der Waals surface area contributed by atoms with Crippen molar-refractivity contribution in [3.8, 4) is 5.75 Å². The lowest BCUT2D eigenvalue weighted by Crippen LogP contribution is -2.31. The van der Waals surface area contributed by atoms with Gasteiger partial charge in [-0.3, -0.25) is 0 Å². The van der Waals surface area contributed by atoms with E-state index >= 15 is 0 Å². The summed E-state index contributed by atoms with van der Waals surface area (Å²) in [5.41, 5.74) is 6.17. The molecule has 0 aliphatic carbocycles. The van der Waals surface area contributed by atoms with Crippen LogP contribution in [0.1, 0.15) is 0 Å². The normalized spacial score (nSPS) is 14.9. The number of nitrogens with zero attached hydrogens (tertiary/aromatic N) is 1. The first kappa shape index (κ1) is 11.9. The number of amides is 2. The fourth-order valence-electron chi connectivity index (χ4n) is 1.62. The Hall–Kier alpha value is -1.62. The number of benzene rings is 1. The van der Waals surface area contributed by atoms with E-state index in [4.69, 9.17) is 22.1 Å². The Labute approximate surface area is 104 Å². The molecule has 1 aromatic rings. The average Bonchev–Trinajstić information content (AvgIpc) is 2.68. The van der Waals surface area contributed by atoms with Crippen molar-refractivity contribution >= 4 is 23.3 Å². The first-order chi connectivity index (χ1) is 8.16. The third kappa shape index (κ3) is 2.94. The van der Waals surface area contributed by atoms with Gasteiger partial charge in [0, 0.05) is 18.8 Å². The summed E-state index contributed by atoms with van der Waals surface area (Å²) in [7, 11) is 0. The molecule has 1 aliphatic rings. The molecule has 1 heterocycles. The fourth-order valence-corrected chi connectivity index (χ4v) is 1.87. The van der Waals surface area contributed by atoms with Crippen molar-refractivity contribution < 1.29 is 9.53 Å². The molecule has 5 nitrogen and oxygen atoms in total. The Balaban J connectivity index is 1.83. The predicted octanol–water partition coefficient (Wildman–Crippen LogP) is 1.33. The SMILES string of the molecule is Nc1ccc(OCCN2CCNC2=O)c(Cl)c1. The highest BCUT2D eigenvalue weighted by Crippen LogP contribution is 2.26. The van der Waals surface area contributed by atoms with Crippen molar-refractivity contribution in [2.24, 2.45) is 0 Å². The second kappa shape index (κ2) is 5.14. The number of carbonyl (C=O) groups is 1. The Kier molecular flexibility index (Phi) is 3.58. The highest BCUT2D eigenvalue weighted by Gasteiger charge is 2.18. The monoisotopic (exact) mass is 255 g/mol. The number of nitrogens with one attached hydrogen (secondary N) is 1. The zero-order valence-electron chi connectivity index (χ0n) is 9.28. The number of carbonyl (C=O) groups excluding carboxylic acids is 1. The lowest BCUT2D eigenvalue weighted by molar-refractivity contribution is 0.202. The van der Waals surface area contributed by atoms with Crippen LogP contribution in [0, 0.1) is 0 Å². The number of hydrogen-bond acceptors (Lipinski definition) is 3. The highest BCUT2D eigenvalue weighted by atomic mass is 35.5. The molecule has 0 unspecified atom stereocenters. The van der Waals surface area contributed by atoms with Gasteiger partial charge in [0.1, 0.15) is 12.4 Å². The third-order valence-electron chi connectivity index (χ3n) is 2.52. The van der Waals surface area contributed by atoms with E-state index < -0.39 is 0 Å². The molecule has 17 heavy (non-hydrogen) atoms. The van der Waals surface area contributed by atoms with Crippen LogP contribution in [0.15, 0.2) is 18.2 Å². The standard InChI is InChI=1S/C11H14ClN3O2/c12-9-7-8(13)1-2-10(9)17-6-5-15-4-3-14-11(15)16/h1-2,7H,3-6,13H2,(H,14,16). The summed E-state index contributed by atoms with van der Waals surface area (Å²) in [5.74, 6) is 0.584. The van der Waals surface area contributed by atoms with Crippen molar-refractivity contribution in [1.82, 2.24) is 10.2 Å². The lowest BCUT2D eigenvalue weighted by Gasteiger charge is -2.15. The first-order valence-corrected chi connectivity index (χ1v) is 5.75. The summed E-state index contributed by atoms with van der Waals surface area (Å²) >= 11 is 5.96. The largest absolute Gasteiger partial charge is 0.490 e. The van der Waals surface area contributed by atoms with Crippen molar-refractivity contribution in [2.75, 3.05) is 32.0 Å². The van der Waals surface area contributed by atoms with Gasteiger partial charge in [0.05, 0.1) is 11.6 Å². The quantitative estimate of drug-likeness (QED) is 0.798. The molecule has 0 bridgehead atoms. The number of halogens is 1. The predicted molar refractivity (Wildman–Crippen MR) is 66.3 cm³/mol. The minimum absolute atomic E-state index is 0.0444. The van der Waals surface area contributed by atoms with Crippen molar-refractivity contribution in [3.63, 3.8) is 0 Å². The average molecular weight is 256 g/mol. The van der Waals surface area contributed by atoms with Gasteiger partial charge in [-0.2, -0.15) is 0 Å². The van der Waals surface area contributed by atoms with Crippen molar-refractivity contribution in [3.05, 3.63) is 23.2 Å². The van der Waals surface area contributed by atoms with Crippen LogP contribution in [0.5, 0.6) is 5.75 Å². The minimum Gasteiger partial charge on any atom is -0.490 e. The second-order valence-electron chi connectivity index (χ2n) is 3.76. The van der Waals surface area contributed by atoms with E-state index in [1.807, 2.05) is 0 Å². The summed E-state index contributed by atoms with van der Waals surface area (Å²) in [5, 5.41) is 3.21. The molecule has 92 valence electrons. The number of urea groups is 1.